The first kappa shape index (κ1) is 17.4. The van der Waals surface area contributed by atoms with Crippen molar-refractivity contribution in [2.24, 2.45) is 0 Å². The minimum atomic E-state index is -0.204. The number of nitrogens with one attached hydrogen (secondary N) is 1. The van der Waals surface area contributed by atoms with Crippen molar-refractivity contribution in [3.8, 4) is 0 Å². The summed E-state index contributed by atoms with van der Waals surface area (Å²) in [6, 6.07) is 17.2. The highest BCUT2D eigenvalue weighted by atomic mass is 32.1. The van der Waals surface area contributed by atoms with Crippen LogP contribution in [0.15, 0.2) is 60.0 Å². The van der Waals surface area contributed by atoms with Crippen LogP contribution in [0.2, 0.25) is 0 Å². The van der Waals surface area contributed by atoms with Crippen molar-refractivity contribution in [3.05, 3.63) is 76.8 Å². The van der Waals surface area contributed by atoms with Gasteiger partial charge in [-0.25, -0.2) is 4.98 Å². The van der Waals surface area contributed by atoms with Crippen LogP contribution < -0.4 is 10.2 Å². The van der Waals surface area contributed by atoms with E-state index in [1.807, 2.05) is 46.7 Å². The van der Waals surface area contributed by atoms with Gasteiger partial charge in [-0.3, -0.25) is 14.9 Å². The van der Waals surface area contributed by atoms with E-state index in [4.69, 9.17) is 0 Å². The molecule has 2 heterocycles. The molecule has 0 saturated carbocycles. The first-order valence-electron chi connectivity index (χ1n) is 8.82. The molecule has 0 bridgehead atoms. The lowest BCUT2D eigenvalue weighted by Gasteiger charge is -2.22. The third-order valence-corrected chi connectivity index (χ3v) is 5.42. The van der Waals surface area contributed by atoms with Gasteiger partial charge in [0.15, 0.2) is 5.13 Å². The van der Waals surface area contributed by atoms with Crippen molar-refractivity contribution in [2.45, 2.75) is 25.8 Å². The van der Waals surface area contributed by atoms with Crippen LogP contribution in [0.1, 0.15) is 28.5 Å². The fourth-order valence-corrected chi connectivity index (χ4v) is 4.10. The summed E-state index contributed by atoms with van der Waals surface area (Å²) in [5, 5.41) is 5.12. The third kappa shape index (κ3) is 3.61. The SMILES string of the molecule is C[C@@H]1Cc2ccccc2N1C(=O)Cc1csc(NC(=O)c2ccccc2)n1. The second-order valence-corrected chi connectivity index (χ2v) is 7.44. The molecule has 2 amide bonds. The third-order valence-electron chi connectivity index (χ3n) is 4.62. The summed E-state index contributed by atoms with van der Waals surface area (Å²) in [6.07, 6.45) is 1.09. The number of amides is 2. The fourth-order valence-electron chi connectivity index (χ4n) is 3.39. The van der Waals surface area contributed by atoms with Crippen molar-refractivity contribution in [2.75, 3.05) is 10.2 Å². The van der Waals surface area contributed by atoms with E-state index in [9.17, 15) is 9.59 Å². The zero-order valence-corrected chi connectivity index (χ0v) is 15.7. The number of benzene rings is 2. The van der Waals surface area contributed by atoms with Crippen molar-refractivity contribution >= 4 is 34.0 Å². The highest BCUT2D eigenvalue weighted by Crippen LogP contribution is 2.32. The summed E-state index contributed by atoms with van der Waals surface area (Å²) < 4.78 is 0. The van der Waals surface area contributed by atoms with E-state index in [-0.39, 0.29) is 24.3 Å². The Morgan fingerprint density at radius 1 is 1.15 bits per heavy atom. The van der Waals surface area contributed by atoms with Crippen molar-refractivity contribution in [1.29, 1.82) is 0 Å². The molecule has 1 atom stereocenters. The van der Waals surface area contributed by atoms with Gasteiger partial charge in [-0.1, -0.05) is 36.4 Å². The number of hydrogen-bond donors (Lipinski definition) is 1. The van der Waals surface area contributed by atoms with Gasteiger partial charge >= 0.3 is 0 Å². The Balaban J connectivity index is 1.44. The Labute approximate surface area is 161 Å². The standard InChI is InChI=1S/C21H19N3O2S/c1-14-11-16-9-5-6-10-18(16)24(14)19(25)12-17-13-27-21(22-17)23-20(26)15-7-3-2-4-8-15/h2-10,13-14H,11-12H2,1H3,(H,22,23,26)/t14-/m1/s1. The number of anilines is 2. The molecule has 5 nitrogen and oxygen atoms in total. The van der Waals surface area contributed by atoms with E-state index in [0.717, 1.165) is 12.1 Å². The molecule has 0 radical (unpaired) electrons. The van der Waals surface area contributed by atoms with Crippen molar-refractivity contribution < 1.29 is 9.59 Å². The van der Waals surface area contributed by atoms with Crippen LogP contribution in [-0.2, 0) is 17.6 Å². The quantitative estimate of drug-likeness (QED) is 0.750. The van der Waals surface area contributed by atoms with Gasteiger partial charge in [-0.2, -0.15) is 0 Å². The van der Waals surface area contributed by atoms with Crippen LogP contribution in [0, 0.1) is 0 Å². The maximum atomic E-state index is 12.8. The summed E-state index contributed by atoms with van der Waals surface area (Å²) in [5.41, 5.74) is 3.44. The first-order chi connectivity index (χ1) is 13.1. The molecule has 0 spiro atoms. The van der Waals surface area contributed by atoms with Gasteiger partial charge in [0.25, 0.3) is 5.91 Å². The van der Waals surface area contributed by atoms with E-state index in [2.05, 4.69) is 23.3 Å². The summed E-state index contributed by atoms with van der Waals surface area (Å²) in [5.74, 6) is -0.177. The van der Waals surface area contributed by atoms with E-state index in [1.54, 1.807) is 12.1 Å². The second-order valence-electron chi connectivity index (χ2n) is 6.59. The van der Waals surface area contributed by atoms with Crippen LogP contribution in [0.5, 0.6) is 0 Å². The molecule has 27 heavy (non-hydrogen) atoms. The van der Waals surface area contributed by atoms with E-state index in [1.165, 1.54) is 16.9 Å². The molecule has 1 aromatic heterocycles. The number of carbonyl (C=O) groups is 2. The Bertz CT molecular complexity index is 984. The number of carbonyl (C=O) groups excluding carboxylic acids is 2. The number of rotatable bonds is 4. The molecule has 0 fully saturated rings. The van der Waals surface area contributed by atoms with Crippen molar-refractivity contribution in [3.63, 3.8) is 0 Å². The lowest BCUT2D eigenvalue weighted by atomic mass is 10.1. The Kier molecular flexibility index (Phi) is 4.73. The maximum Gasteiger partial charge on any atom is 0.257 e. The average Bonchev–Trinajstić information content (AvgIpc) is 3.25. The zero-order chi connectivity index (χ0) is 18.8. The van der Waals surface area contributed by atoms with E-state index >= 15 is 0 Å². The molecule has 0 unspecified atom stereocenters. The van der Waals surface area contributed by atoms with Gasteiger partial charge in [0, 0.05) is 22.7 Å². The van der Waals surface area contributed by atoms with E-state index < -0.39 is 0 Å². The molecule has 1 aliphatic rings. The molecular formula is C21H19N3O2S. The van der Waals surface area contributed by atoms with Gasteiger partial charge in [-0.05, 0) is 37.1 Å². The fraction of sp³-hybridized carbons (Fsp3) is 0.190. The maximum absolute atomic E-state index is 12.8. The predicted octanol–water partition coefficient (Wildman–Crippen LogP) is 3.92. The van der Waals surface area contributed by atoms with Gasteiger partial charge in [0.1, 0.15) is 0 Å². The smallest absolute Gasteiger partial charge is 0.257 e. The second kappa shape index (κ2) is 7.32. The van der Waals surface area contributed by atoms with Gasteiger partial charge in [0.2, 0.25) is 5.91 Å². The molecule has 1 aliphatic heterocycles. The number of hydrogen-bond acceptors (Lipinski definition) is 4. The predicted molar refractivity (Wildman–Crippen MR) is 107 cm³/mol. The highest BCUT2D eigenvalue weighted by molar-refractivity contribution is 7.14. The Hall–Kier alpha value is -2.99. The van der Waals surface area contributed by atoms with Crippen LogP contribution in [0.25, 0.3) is 0 Å². The molecule has 0 saturated heterocycles. The van der Waals surface area contributed by atoms with Crippen LogP contribution >= 0.6 is 11.3 Å². The lowest BCUT2D eigenvalue weighted by molar-refractivity contribution is -0.118. The minimum Gasteiger partial charge on any atom is -0.309 e. The van der Waals surface area contributed by atoms with Gasteiger partial charge in [0.05, 0.1) is 12.1 Å². The Morgan fingerprint density at radius 2 is 1.89 bits per heavy atom. The topological polar surface area (TPSA) is 62.3 Å². The Morgan fingerprint density at radius 3 is 2.70 bits per heavy atom. The van der Waals surface area contributed by atoms with Crippen molar-refractivity contribution in [1.82, 2.24) is 4.98 Å². The van der Waals surface area contributed by atoms with Crippen LogP contribution in [-0.4, -0.2) is 22.8 Å². The van der Waals surface area contributed by atoms with E-state index in [0.29, 0.717) is 16.4 Å². The highest BCUT2D eigenvalue weighted by Gasteiger charge is 2.30. The summed E-state index contributed by atoms with van der Waals surface area (Å²) in [4.78, 5) is 31.3. The summed E-state index contributed by atoms with van der Waals surface area (Å²) in [7, 11) is 0. The number of nitrogens with zero attached hydrogens (tertiary/aromatic N) is 2. The molecule has 0 aliphatic carbocycles. The van der Waals surface area contributed by atoms with Crippen LogP contribution in [0.3, 0.4) is 0 Å². The number of thiazole rings is 1. The summed E-state index contributed by atoms with van der Waals surface area (Å²) >= 11 is 1.33. The molecule has 4 rings (SSSR count). The van der Waals surface area contributed by atoms with Gasteiger partial charge < -0.3 is 4.90 Å². The molecule has 1 N–H and O–H groups in total. The average molecular weight is 377 g/mol. The minimum absolute atomic E-state index is 0.0266. The molecule has 2 aromatic carbocycles. The number of aromatic nitrogens is 1. The van der Waals surface area contributed by atoms with Gasteiger partial charge in [-0.15, -0.1) is 11.3 Å². The first-order valence-corrected chi connectivity index (χ1v) is 9.70. The zero-order valence-electron chi connectivity index (χ0n) is 14.9. The monoisotopic (exact) mass is 377 g/mol. The number of para-hydroxylation sites is 1. The lowest BCUT2D eigenvalue weighted by Crippen LogP contribution is -2.36. The van der Waals surface area contributed by atoms with Crippen LogP contribution in [0.4, 0.5) is 10.8 Å². The molecule has 3 aromatic rings. The molecule has 6 heteroatoms. The molecule has 136 valence electrons. The summed E-state index contributed by atoms with van der Waals surface area (Å²) in [6.45, 7) is 2.06. The largest absolute Gasteiger partial charge is 0.309 e. The number of fused-ring (bicyclic) bond motifs is 1. The normalized spacial score (nSPS) is 15.4. The molecular weight excluding hydrogens is 358 g/mol.